The minimum Gasteiger partial charge on any atom is -0.481 e. The van der Waals surface area contributed by atoms with Crippen LogP contribution in [-0.2, 0) is 23.8 Å². The van der Waals surface area contributed by atoms with Gasteiger partial charge in [0.15, 0.2) is 0 Å². The Balaban J connectivity index is 1.77. The van der Waals surface area contributed by atoms with Gasteiger partial charge in [0.1, 0.15) is 0 Å². The fraction of sp³-hybridized carbons (Fsp3) is 0.850. The Morgan fingerprint density at radius 2 is 1.71 bits per heavy atom. The number of esters is 1. The van der Waals surface area contributed by atoms with Crippen molar-refractivity contribution in [1.82, 2.24) is 5.32 Å². The minimum atomic E-state index is -0.792. The van der Waals surface area contributed by atoms with Crippen LogP contribution in [0.25, 0.3) is 0 Å². The molecule has 2 aliphatic carbocycles. The van der Waals surface area contributed by atoms with Crippen LogP contribution >= 0.6 is 0 Å². The van der Waals surface area contributed by atoms with Gasteiger partial charge in [-0.1, -0.05) is 25.7 Å². The Bertz CT molecular complexity index is 511. The third kappa shape index (κ3) is 7.75. The summed E-state index contributed by atoms with van der Waals surface area (Å²) in [5.74, 6) is -1.69. The molecule has 2 fully saturated rings. The third-order valence-electron chi connectivity index (χ3n) is 5.77. The summed E-state index contributed by atoms with van der Waals surface area (Å²) in [5, 5.41) is 11.7. The van der Waals surface area contributed by atoms with E-state index in [1.165, 1.54) is 12.8 Å². The Hall–Kier alpha value is -1.67. The van der Waals surface area contributed by atoms with Crippen LogP contribution in [0.4, 0.5) is 4.79 Å². The lowest BCUT2D eigenvalue weighted by atomic mass is 9.86. The van der Waals surface area contributed by atoms with Crippen LogP contribution in [0.3, 0.4) is 0 Å². The van der Waals surface area contributed by atoms with Gasteiger partial charge in [0.2, 0.25) is 0 Å². The predicted octanol–water partition coefficient (Wildman–Crippen LogP) is 2.74. The van der Waals surface area contributed by atoms with E-state index in [4.69, 9.17) is 19.3 Å². The molecule has 1 amide bonds. The first-order valence-electron chi connectivity index (χ1n) is 10.3. The lowest BCUT2D eigenvalue weighted by Gasteiger charge is -2.26. The quantitative estimate of drug-likeness (QED) is 0.330. The Kier molecular flexibility index (Phi) is 9.70. The summed E-state index contributed by atoms with van der Waals surface area (Å²) in [6, 6.07) is -0.151. The summed E-state index contributed by atoms with van der Waals surface area (Å²) in [6.07, 6.45) is 6.66. The van der Waals surface area contributed by atoms with Crippen molar-refractivity contribution >= 4 is 18.0 Å². The number of amides is 1. The number of hydrogen-bond donors (Lipinski definition) is 2. The summed E-state index contributed by atoms with van der Waals surface area (Å²) in [6.45, 7) is 1.06. The second kappa shape index (κ2) is 12.0. The smallest absolute Gasteiger partial charge is 0.415 e. The number of ether oxygens (including phenoxy) is 3. The fourth-order valence-electron chi connectivity index (χ4n) is 4.10. The van der Waals surface area contributed by atoms with E-state index in [1.807, 2.05) is 0 Å². The maximum atomic E-state index is 12.5. The summed E-state index contributed by atoms with van der Waals surface area (Å²) in [4.78, 5) is 35.6. The highest BCUT2D eigenvalue weighted by molar-refractivity contribution is 5.86. The molecule has 1 unspecified atom stereocenters. The molecule has 2 saturated carbocycles. The molecule has 0 aromatic carbocycles. The molecule has 0 aliphatic heterocycles. The highest BCUT2D eigenvalue weighted by Gasteiger charge is 2.30. The van der Waals surface area contributed by atoms with Gasteiger partial charge in [-0.25, -0.2) is 4.79 Å². The van der Waals surface area contributed by atoms with Crippen molar-refractivity contribution in [3.63, 3.8) is 0 Å². The van der Waals surface area contributed by atoms with Gasteiger partial charge in [0.25, 0.3) is 0 Å². The van der Waals surface area contributed by atoms with Crippen LogP contribution < -0.4 is 5.32 Å². The van der Waals surface area contributed by atoms with Crippen molar-refractivity contribution in [1.29, 1.82) is 0 Å². The number of alkyl carbamates (subject to hydrolysis) is 1. The second-order valence-corrected chi connectivity index (χ2v) is 7.89. The average molecular weight is 399 g/mol. The monoisotopic (exact) mass is 399 g/mol. The predicted molar refractivity (Wildman–Crippen MR) is 101 cm³/mol. The minimum absolute atomic E-state index is 0.151. The number of carbonyl (C=O) groups is 3. The Morgan fingerprint density at radius 1 is 1.04 bits per heavy atom. The van der Waals surface area contributed by atoms with E-state index < -0.39 is 23.9 Å². The molecule has 2 aliphatic rings. The summed E-state index contributed by atoms with van der Waals surface area (Å²) >= 11 is 0. The lowest BCUT2D eigenvalue weighted by molar-refractivity contribution is -0.145. The van der Waals surface area contributed by atoms with Crippen LogP contribution in [-0.4, -0.2) is 56.1 Å². The van der Waals surface area contributed by atoms with Crippen LogP contribution in [0.2, 0.25) is 0 Å². The van der Waals surface area contributed by atoms with E-state index >= 15 is 0 Å². The first-order valence-corrected chi connectivity index (χ1v) is 10.3. The molecule has 0 bridgehead atoms. The van der Waals surface area contributed by atoms with E-state index in [9.17, 15) is 14.4 Å². The van der Waals surface area contributed by atoms with Crippen LogP contribution in [0.1, 0.15) is 57.8 Å². The van der Waals surface area contributed by atoms with Gasteiger partial charge in [0, 0.05) is 13.2 Å². The van der Waals surface area contributed by atoms with E-state index in [0.29, 0.717) is 51.2 Å². The standard InChI is InChI=1S/C20H33NO7/c1-26-10-11-27-13-16(12-14-4-2-3-5-14)19(24)28-20(25)21-17-8-6-15(7-9-17)18(22)23/h14-17H,2-13H2,1H3,(H,21,25)(H,22,23). The van der Waals surface area contributed by atoms with Gasteiger partial charge in [-0.05, 0) is 38.0 Å². The van der Waals surface area contributed by atoms with Gasteiger partial charge in [0.05, 0.1) is 31.7 Å². The van der Waals surface area contributed by atoms with E-state index in [1.54, 1.807) is 7.11 Å². The average Bonchev–Trinajstić information content (AvgIpc) is 3.17. The molecule has 0 aromatic heterocycles. The molecule has 2 N–H and O–H groups in total. The highest BCUT2D eigenvalue weighted by Crippen LogP contribution is 2.31. The number of aliphatic carboxylic acids is 1. The molecule has 8 heteroatoms. The largest absolute Gasteiger partial charge is 0.481 e. The number of carboxylic acid groups (broad SMARTS) is 1. The molecule has 0 radical (unpaired) electrons. The van der Waals surface area contributed by atoms with Gasteiger partial charge in [-0.2, -0.15) is 0 Å². The van der Waals surface area contributed by atoms with Crippen LogP contribution in [0, 0.1) is 17.8 Å². The van der Waals surface area contributed by atoms with Crippen molar-refractivity contribution in [2.75, 3.05) is 26.9 Å². The zero-order valence-corrected chi connectivity index (χ0v) is 16.7. The molecular formula is C20H33NO7. The van der Waals surface area contributed by atoms with Gasteiger partial charge in [-0.3, -0.25) is 9.59 Å². The third-order valence-corrected chi connectivity index (χ3v) is 5.77. The van der Waals surface area contributed by atoms with E-state index in [-0.39, 0.29) is 18.6 Å². The van der Waals surface area contributed by atoms with Gasteiger partial charge >= 0.3 is 18.0 Å². The number of nitrogens with one attached hydrogen (secondary N) is 1. The van der Waals surface area contributed by atoms with Crippen molar-refractivity contribution < 1.29 is 33.7 Å². The first kappa shape index (κ1) is 22.6. The molecular weight excluding hydrogens is 366 g/mol. The lowest BCUT2D eigenvalue weighted by Crippen LogP contribution is -2.41. The maximum absolute atomic E-state index is 12.5. The van der Waals surface area contributed by atoms with Gasteiger partial charge in [-0.15, -0.1) is 0 Å². The van der Waals surface area contributed by atoms with Crippen molar-refractivity contribution in [3.05, 3.63) is 0 Å². The number of methoxy groups -OCH3 is 1. The van der Waals surface area contributed by atoms with Crippen molar-refractivity contribution in [2.45, 2.75) is 63.8 Å². The maximum Gasteiger partial charge on any atom is 0.415 e. The topological polar surface area (TPSA) is 111 Å². The molecule has 28 heavy (non-hydrogen) atoms. The summed E-state index contributed by atoms with van der Waals surface area (Å²) < 4.78 is 15.5. The van der Waals surface area contributed by atoms with E-state index in [0.717, 1.165) is 12.8 Å². The Labute approximate surface area is 166 Å². The number of carboxylic acids is 1. The summed E-state index contributed by atoms with van der Waals surface area (Å²) in [5.41, 5.74) is 0. The highest BCUT2D eigenvalue weighted by atomic mass is 16.6. The zero-order chi connectivity index (χ0) is 20.4. The molecule has 8 nitrogen and oxygen atoms in total. The van der Waals surface area contributed by atoms with Crippen LogP contribution in [0.5, 0.6) is 0 Å². The molecule has 1 atom stereocenters. The molecule has 160 valence electrons. The number of rotatable bonds is 10. The van der Waals surface area contributed by atoms with Crippen LogP contribution in [0.15, 0.2) is 0 Å². The first-order chi connectivity index (χ1) is 13.5. The normalized spacial score (nSPS) is 23.9. The second-order valence-electron chi connectivity index (χ2n) is 7.89. The molecule has 0 saturated heterocycles. The van der Waals surface area contributed by atoms with Crippen molar-refractivity contribution in [2.24, 2.45) is 17.8 Å². The number of hydrogen-bond acceptors (Lipinski definition) is 6. The molecule has 2 rings (SSSR count). The fourth-order valence-corrected chi connectivity index (χ4v) is 4.10. The molecule has 0 aromatic rings. The van der Waals surface area contributed by atoms with E-state index in [2.05, 4.69) is 5.32 Å². The molecule has 0 spiro atoms. The van der Waals surface area contributed by atoms with Crippen molar-refractivity contribution in [3.8, 4) is 0 Å². The Morgan fingerprint density at radius 3 is 2.32 bits per heavy atom. The van der Waals surface area contributed by atoms with Gasteiger partial charge < -0.3 is 24.6 Å². The zero-order valence-electron chi connectivity index (χ0n) is 16.7. The summed E-state index contributed by atoms with van der Waals surface area (Å²) in [7, 11) is 1.59. The number of carbonyl (C=O) groups excluding carboxylic acids is 2. The molecule has 0 heterocycles. The SMILES string of the molecule is COCCOCC(CC1CCCC1)C(=O)OC(=O)NC1CCC(C(=O)O)CC1.